The van der Waals surface area contributed by atoms with Crippen LogP contribution in [0.3, 0.4) is 0 Å². The van der Waals surface area contributed by atoms with Gasteiger partial charge >= 0.3 is 0 Å². The van der Waals surface area contributed by atoms with Crippen molar-refractivity contribution in [2.45, 2.75) is 64.7 Å². The molecule has 1 amide bonds. The molecular weight excluding hydrogens is 436 g/mol. The molecule has 1 N–H and O–H groups in total. The molecule has 2 aliphatic rings. The SMILES string of the molecule is CC(C)CCN1C(=O)C(C)(C)COc2ccc(NS(=O)(=O)c3ccc4c(c3)CCCC4)cc21. The van der Waals surface area contributed by atoms with E-state index in [0.29, 0.717) is 29.6 Å². The molecule has 7 heteroatoms. The first kappa shape index (κ1) is 23.6. The van der Waals surface area contributed by atoms with Gasteiger partial charge in [0.15, 0.2) is 0 Å². The summed E-state index contributed by atoms with van der Waals surface area (Å²) >= 11 is 0. The molecule has 0 saturated carbocycles. The van der Waals surface area contributed by atoms with Crippen LogP contribution in [0.25, 0.3) is 0 Å². The normalized spacial score (nSPS) is 17.7. The van der Waals surface area contributed by atoms with Crippen molar-refractivity contribution in [3.05, 3.63) is 47.5 Å². The van der Waals surface area contributed by atoms with Crippen molar-refractivity contribution in [1.82, 2.24) is 0 Å². The van der Waals surface area contributed by atoms with Crippen LogP contribution in [0.1, 0.15) is 58.1 Å². The Hall–Kier alpha value is -2.54. The summed E-state index contributed by atoms with van der Waals surface area (Å²) in [4.78, 5) is 15.3. The van der Waals surface area contributed by atoms with Gasteiger partial charge in [0.05, 0.1) is 21.7 Å². The second kappa shape index (κ2) is 9.01. The zero-order valence-electron chi connectivity index (χ0n) is 20.0. The summed E-state index contributed by atoms with van der Waals surface area (Å²) in [6.07, 6.45) is 5.00. The van der Waals surface area contributed by atoms with Crippen LogP contribution in [-0.4, -0.2) is 27.5 Å². The number of carbonyl (C=O) groups excluding carboxylic acids is 1. The quantitative estimate of drug-likeness (QED) is 0.632. The lowest BCUT2D eigenvalue weighted by molar-refractivity contribution is -0.127. The predicted molar refractivity (Wildman–Crippen MR) is 131 cm³/mol. The van der Waals surface area contributed by atoms with Crippen molar-refractivity contribution in [3.8, 4) is 5.75 Å². The Balaban J connectivity index is 1.65. The van der Waals surface area contributed by atoms with Crippen LogP contribution in [0.5, 0.6) is 5.75 Å². The predicted octanol–water partition coefficient (Wildman–Crippen LogP) is 5.16. The monoisotopic (exact) mass is 470 g/mol. The van der Waals surface area contributed by atoms with Crippen LogP contribution in [0, 0.1) is 11.3 Å². The summed E-state index contributed by atoms with van der Waals surface area (Å²) in [6.45, 7) is 8.82. The fourth-order valence-corrected chi connectivity index (χ4v) is 5.51. The molecule has 0 saturated heterocycles. The van der Waals surface area contributed by atoms with Crippen LogP contribution in [0.4, 0.5) is 11.4 Å². The minimum absolute atomic E-state index is 0.0170. The molecule has 33 heavy (non-hydrogen) atoms. The number of benzene rings is 2. The van der Waals surface area contributed by atoms with Crippen molar-refractivity contribution in [3.63, 3.8) is 0 Å². The van der Waals surface area contributed by atoms with E-state index >= 15 is 0 Å². The van der Waals surface area contributed by atoms with E-state index in [1.807, 2.05) is 19.9 Å². The molecule has 1 heterocycles. The molecule has 6 nitrogen and oxygen atoms in total. The van der Waals surface area contributed by atoms with E-state index in [1.54, 1.807) is 35.2 Å². The van der Waals surface area contributed by atoms with Gasteiger partial charge in [-0.2, -0.15) is 0 Å². The summed E-state index contributed by atoms with van der Waals surface area (Å²) in [5, 5.41) is 0. The largest absolute Gasteiger partial charge is 0.490 e. The van der Waals surface area contributed by atoms with Gasteiger partial charge in [-0.3, -0.25) is 9.52 Å². The maximum absolute atomic E-state index is 13.3. The molecule has 178 valence electrons. The topological polar surface area (TPSA) is 75.7 Å². The Labute approximate surface area is 197 Å². The smallest absolute Gasteiger partial charge is 0.261 e. The number of aryl methyl sites for hydroxylation is 2. The van der Waals surface area contributed by atoms with Gasteiger partial charge in [0.1, 0.15) is 12.4 Å². The maximum Gasteiger partial charge on any atom is 0.261 e. The molecule has 2 aromatic carbocycles. The summed E-state index contributed by atoms with van der Waals surface area (Å²) in [5.74, 6) is 1.00. The number of anilines is 2. The number of hydrogen-bond donors (Lipinski definition) is 1. The van der Waals surface area contributed by atoms with Crippen LogP contribution in [0.2, 0.25) is 0 Å². The first-order valence-corrected chi connectivity index (χ1v) is 13.3. The van der Waals surface area contributed by atoms with E-state index in [1.165, 1.54) is 5.56 Å². The highest BCUT2D eigenvalue weighted by molar-refractivity contribution is 7.92. The van der Waals surface area contributed by atoms with Gasteiger partial charge in [-0.05, 0) is 93.3 Å². The Bertz CT molecular complexity index is 1150. The lowest BCUT2D eigenvalue weighted by atomic mass is 9.92. The van der Waals surface area contributed by atoms with E-state index in [-0.39, 0.29) is 17.4 Å². The van der Waals surface area contributed by atoms with Crippen molar-refractivity contribution in [1.29, 1.82) is 0 Å². The highest BCUT2D eigenvalue weighted by atomic mass is 32.2. The Morgan fingerprint density at radius 1 is 1.06 bits per heavy atom. The molecule has 0 fully saturated rings. The molecule has 1 aliphatic carbocycles. The van der Waals surface area contributed by atoms with Gasteiger partial charge in [-0.1, -0.05) is 19.9 Å². The lowest BCUT2D eigenvalue weighted by Gasteiger charge is -2.28. The van der Waals surface area contributed by atoms with E-state index < -0.39 is 15.4 Å². The zero-order chi connectivity index (χ0) is 23.8. The first-order chi connectivity index (χ1) is 15.6. The van der Waals surface area contributed by atoms with Crippen molar-refractivity contribution in [2.24, 2.45) is 11.3 Å². The Kier molecular flexibility index (Phi) is 6.45. The van der Waals surface area contributed by atoms with Crippen LogP contribution in [-0.2, 0) is 27.7 Å². The van der Waals surface area contributed by atoms with Gasteiger partial charge in [0.2, 0.25) is 5.91 Å². The molecule has 4 rings (SSSR count). The van der Waals surface area contributed by atoms with Crippen LogP contribution >= 0.6 is 0 Å². The Morgan fingerprint density at radius 3 is 2.52 bits per heavy atom. The molecule has 0 bridgehead atoms. The molecule has 0 aromatic heterocycles. The van der Waals surface area contributed by atoms with Crippen molar-refractivity contribution < 1.29 is 17.9 Å². The second-order valence-corrected chi connectivity index (χ2v) is 11.9. The number of nitrogens with one attached hydrogen (secondary N) is 1. The van der Waals surface area contributed by atoms with Gasteiger partial charge in [-0.15, -0.1) is 0 Å². The fourth-order valence-electron chi connectivity index (χ4n) is 4.41. The number of hydrogen-bond acceptors (Lipinski definition) is 4. The third-order valence-electron chi connectivity index (χ3n) is 6.47. The van der Waals surface area contributed by atoms with Crippen molar-refractivity contribution in [2.75, 3.05) is 22.8 Å². The number of amides is 1. The molecule has 0 spiro atoms. The second-order valence-electron chi connectivity index (χ2n) is 10.2. The third kappa shape index (κ3) is 5.03. The molecule has 0 unspecified atom stereocenters. The van der Waals surface area contributed by atoms with Gasteiger partial charge in [0.25, 0.3) is 10.0 Å². The lowest BCUT2D eigenvalue weighted by Crippen LogP contribution is -2.42. The maximum atomic E-state index is 13.3. The number of sulfonamides is 1. The molecule has 0 radical (unpaired) electrons. The summed E-state index contributed by atoms with van der Waals surface area (Å²) in [5.41, 5.74) is 2.71. The third-order valence-corrected chi connectivity index (χ3v) is 7.85. The van der Waals surface area contributed by atoms with Crippen molar-refractivity contribution >= 4 is 27.3 Å². The van der Waals surface area contributed by atoms with E-state index in [9.17, 15) is 13.2 Å². The van der Waals surface area contributed by atoms with E-state index in [4.69, 9.17) is 4.74 Å². The standard InChI is InChI=1S/C26H34N2O4S/c1-18(2)13-14-28-23-16-21(10-12-24(23)32-17-26(3,4)25(28)29)27-33(30,31)22-11-9-19-7-5-6-8-20(19)15-22/h9-12,15-16,18,27H,5-8,13-14,17H2,1-4H3. The van der Waals surface area contributed by atoms with Crippen LogP contribution in [0.15, 0.2) is 41.3 Å². The van der Waals surface area contributed by atoms with Gasteiger partial charge in [0, 0.05) is 6.54 Å². The highest BCUT2D eigenvalue weighted by Crippen LogP contribution is 2.39. The van der Waals surface area contributed by atoms with E-state index in [0.717, 1.165) is 37.7 Å². The number of nitrogens with zero attached hydrogens (tertiary/aromatic N) is 1. The number of rotatable bonds is 6. The number of ether oxygens (including phenoxy) is 1. The molecule has 2 aromatic rings. The van der Waals surface area contributed by atoms with Gasteiger partial charge < -0.3 is 9.64 Å². The van der Waals surface area contributed by atoms with Crippen LogP contribution < -0.4 is 14.4 Å². The number of fused-ring (bicyclic) bond motifs is 2. The first-order valence-electron chi connectivity index (χ1n) is 11.8. The zero-order valence-corrected chi connectivity index (χ0v) is 20.8. The van der Waals surface area contributed by atoms with E-state index in [2.05, 4.69) is 18.6 Å². The molecule has 0 atom stereocenters. The van der Waals surface area contributed by atoms with Gasteiger partial charge in [-0.25, -0.2) is 8.42 Å². The summed E-state index contributed by atoms with van der Waals surface area (Å²) in [7, 11) is -3.76. The summed E-state index contributed by atoms with van der Waals surface area (Å²) < 4.78 is 35.0. The Morgan fingerprint density at radius 2 is 1.79 bits per heavy atom. The number of carbonyl (C=O) groups is 1. The molecule has 1 aliphatic heterocycles. The average Bonchev–Trinajstić information content (AvgIpc) is 2.86. The average molecular weight is 471 g/mol. The summed E-state index contributed by atoms with van der Waals surface area (Å²) in [6, 6.07) is 10.6. The minimum Gasteiger partial charge on any atom is -0.490 e. The fraction of sp³-hybridized carbons (Fsp3) is 0.500. The highest BCUT2D eigenvalue weighted by Gasteiger charge is 2.38. The minimum atomic E-state index is -3.76. The molecular formula is C26H34N2O4S.